The van der Waals surface area contributed by atoms with Crippen molar-refractivity contribution >= 4 is 38.9 Å². The Morgan fingerprint density at radius 3 is 2.53 bits per heavy atom. The molecule has 1 aromatic carbocycles. The molecule has 1 aliphatic carbocycles. The number of hydrogen-bond acceptors (Lipinski definition) is 4. The minimum Gasteiger partial charge on any atom is -0.398 e. The van der Waals surface area contributed by atoms with Crippen LogP contribution in [-0.4, -0.2) is 26.2 Å². The van der Waals surface area contributed by atoms with Crippen molar-refractivity contribution in [2.45, 2.75) is 23.8 Å². The fraction of sp³-hybridized carbons (Fsp3) is 0.455. The minimum absolute atomic E-state index is 0.00820. The van der Waals surface area contributed by atoms with Gasteiger partial charge in [-0.3, -0.25) is 0 Å². The quantitative estimate of drug-likeness (QED) is 0.734. The Balaban J connectivity index is 2.15. The number of anilines is 1. The van der Waals surface area contributed by atoms with Crippen LogP contribution in [0.4, 0.5) is 5.69 Å². The number of aliphatic hydroxyl groups is 1. The molecule has 0 aliphatic heterocycles. The zero-order valence-electron chi connectivity index (χ0n) is 9.94. The van der Waals surface area contributed by atoms with E-state index in [1.807, 2.05) is 0 Å². The number of halogens is 2. The highest BCUT2D eigenvalue weighted by Gasteiger charge is 2.29. The smallest absolute Gasteiger partial charge is 0.244 e. The molecule has 2 rings (SSSR count). The van der Waals surface area contributed by atoms with Gasteiger partial charge in [0.1, 0.15) is 4.90 Å². The van der Waals surface area contributed by atoms with Gasteiger partial charge in [-0.15, -0.1) is 0 Å². The lowest BCUT2D eigenvalue weighted by atomic mass is 9.83. The summed E-state index contributed by atoms with van der Waals surface area (Å²) in [4.78, 5) is -0.154. The molecule has 0 radical (unpaired) electrons. The molecular weight excluding hydrogens is 311 g/mol. The van der Waals surface area contributed by atoms with Crippen molar-refractivity contribution in [3.63, 3.8) is 0 Å². The summed E-state index contributed by atoms with van der Waals surface area (Å²) < 4.78 is 26.7. The lowest BCUT2D eigenvalue weighted by Gasteiger charge is -2.31. The fourth-order valence-electron chi connectivity index (χ4n) is 2.03. The summed E-state index contributed by atoms with van der Waals surface area (Å²) in [5.74, 6) is 0.150. The van der Waals surface area contributed by atoms with Gasteiger partial charge in [-0.1, -0.05) is 23.2 Å². The van der Waals surface area contributed by atoms with Gasteiger partial charge in [-0.2, -0.15) is 0 Å². The van der Waals surface area contributed by atoms with Crippen molar-refractivity contribution in [1.29, 1.82) is 0 Å². The molecule has 106 valence electrons. The van der Waals surface area contributed by atoms with E-state index in [-0.39, 0.29) is 39.2 Å². The number of sulfonamides is 1. The Bertz CT molecular complexity index is 563. The SMILES string of the molecule is Nc1cc(Cl)cc(Cl)c1S(=O)(=O)NCC1CC(O)C1. The maximum absolute atomic E-state index is 12.1. The van der Waals surface area contributed by atoms with Gasteiger partial charge in [0.2, 0.25) is 10.0 Å². The zero-order valence-corrected chi connectivity index (χ0v) is 12.3. The molecule has 8 heteroatoms. The molecule has 1 fully saturated rings. The Hall–Kier alpha value is -0.530. The number of hydrogen-bond donors (Lipinski definition) is 3. The number of aliphatic hydroxyl groups excluding tert-OH is 1. The third-order valence-electron chi connectivity index (χ3n) is 3.08. The summed E-state index contributed by atoms with van der Waals surface area (Å²) in [6.07, 6.45) is 0.886. The summed E-state index contributed by atoms with van der Waals surface area (Å²) in [7, 11) is -3.77. The fourth-order valence-corrected chi connectivity index (χ4v) is 4.13. The molecule has 0 bridgehead atoms. The number of rotatable bonds is 4. The van der Waals surface area contributed by atoms with Gasteiger partial charge in [-0.25, -0.2) is 13.1 Å². The van der Waals surface area contributed by atoms with E-state index in [4.69, 9.17) is 34.0 Å². The minimum atomic E-state index is -3.77. The van der Waals surface area contributed by atoms with E-state index in [9.17, 15) is 8.42 Å². The van der Waals surface area contributed by atoms with E-state index < -0.39 is 10.0 Å². The summed E-state index contributed by atoms with van der Waals surface area (Å²) in [6.45, 7) is 0.262. The topological polar surface area (TPSA) is 92.4 Å². The van der Waals surface area contributed by atoms with Gasteiger partial charge in [0.25, 0.3) is 0 Å². The molecule has 1 saturated carbocycles. The van der Waals surface area contributed by atoms with Gasteiger partial charge < -0.3 is 10.8 Å². The summed E-state index contributed by atoms with van der Waals surface area (Å²) in [5.41, 5.74) is 5.67. The molecular formula is C11H14Cl2N2O3S. The monoisotopic (exact) mass is 324 g/mol. The molecule has 0 unspecified atom stereocenters. The maximum Gasteiger partial charge on any atom is 0.244 e. The molecule has 0 heterocycles. The average molecular weight is 325 g/mol. The van der Waals surface area contributed by atoms with Gasteiger partial charge in [0.15, 0.2) is 0 Å². The van der Waals surface area contributed by atoms with E-state index in [2.05, 4.69) is 4.72 Å². The second-order valence-corrected chi connectivity index (χ2v) is 7.20. The van der Waals surface area contributed by atoms with Crippen LogP contribution in [0.15, 0.2) is 17.0 Å². The molecule has 19 heavy (non-hydrogen) atoms. The summed E-state index contributed by atoms with van der Waals surface area (Å²) in [6, 6.07) is 2.68. The third kappa shape index (κ3) is 3.32. The van der Waals surface area contributed by atoms with E-state index in [1.54, 1.807) is 0 Å². The lowest BCUT2D eigenvalue weighted by Crippen LogP contribution is -2.38. The number of nitrogens with one attached hydrogen (secondary N) is 1. The van der Waals surface area contributed by atoms with Crippen molar-refractivity contribution in [1.82, 2.24) is 4.72 Å². The first-order valence-electron chi connectivity index (χ1n) is 5.72. The largest absolute Gasteiger partial charge is 0.398 e. The van der Waals surface area contributed by atoms with Gasteiger partial charge in [0.05, 0.1) is 16.8 Å². The number of nitrogen functional groups attached to an aromatic ring is 1. The summed E-state index contributed by atoms with van der Waals surface area (Å²) in [5, 5.41) is 9.42. The highest BCUT2D eigenvalue weighted by atomic mass is 35.5. The maximum atomic E-state index is 12.1. The van der Waals surface area contributed by atoms with E-state index >= 15 is 0 Å². The van der Waals surface area contributed by atoms with Gasteiger partial charge in [-0.05, 0) is 30.9 Å². The Kier molecular flexibility index (Phi) is 4.27. The van der Waals surface area contributed by atoms with Crippen LogP contribution in [0.25, 0.3) is 0 Å². The second-order valence-electron chi connectivity index (χ2n) is 4.65. The highest BCUT2D eigenvalue weighted by molar-refractivity contribution is 7.89. The molecule has 1 aromatic rings. The van der Waals surface area contributed by atoms with Crippen LogP contribution in [0.3, 0.4) is 0 Å². The molecule has 0 spiro atoms. The number of nitrogens with two attached hydrogens (primary N) is 1. The van der Waals surface area contributed by atoms with Crippen LogP contribution in [0.1, 0.15) is 12.8 Å². The standard InChI is InChI=1S/C11H14Cl2N2O3S/c12-7-3-9(13)11(10(14)4-7)19(17,18)15-5-6-1-8(16)2-6/h3-4,6,8,15-16H,1-2,5,14H2. The van der Waals surface area contributed by atoms with E-state index in [1.165, 1.54) is 12.1 Å². The molecule has 0 atom stereocenters. The molecule has 0 saturated heterocycles. The van der Waals surface area contributed by atoms with Crippen molar-refractivity contribution in [3.8, 4) is 0 Å². The normalized spacial score (nSPS) is 23.1. The lowest BCUT2D eigenvalue weighted by molar-refractivity contribution is 0.0453. The Labute approximate surface area is 121 Å². The van der Waals surface area contributed by atoms with E-state index in [0.717, 1.165) is 0 Å². The highest BCUT2D eigenvalue weighted by Crippen LogP contribution is 2.32. The number of benzene rings is 1. The van der Waals surface area contributed by atoms with Crippen molar-refractivity contribution < 1.29 is 13.5 Å². The first kappa shape index (κ1) is 14.9. The predicted octanol–water partition coefficient (Wildman–Crippen LogP) is 1.62. The van der Waals surface area contributed by atoms with Gasteiger partial charge >= 0.3 is 0 Å². The average Bonchev–Trinajstić information content (AvgIpc) is 2.20. The van der Waals surface area contributed by atoms with Crippen LogP contribution in [0.2, 0.25) is 10.0 Å². The van der Waals surface area contributed by atoms with Gasteiger partial charge in [0, 0.05) is 11.6 Å². The summed E-state index contributed by atoms with van der Waals surface area (Å²) >= 11 is 11.6. The second kappa shape index (κ2) is 5.46. The first-order chi connectivity index (χ1) is 8.79. The van der Waals surface area contributed by atoms with E-state index in [0.29, 0.717) is 12.8 Å². The van der Waals surface area contributed by atoms with Crippen LogP contribution < -0.4 is 10.5 Å². The van der Waals surface area contributed by atoms with Crippen molar-refractivity contribution in [2.75, 3.05) is 12.3 Å². The van der Waals surface area contributed by atoms with Crippen molar-refractivity contribution in [2.24, 2.45) is 5.92 Å². The van der Waals surface area contributed by atoms with Crippen LogP contribution in [0, 0.1) is 5.92 Å². The first-order valence-corrected chi connectivity index (χ1v) is 7.96. The zero-order chi connectivity index (χ0) is 14.2. The molecule has 0 aromatic heterocycles. The molecule has 1 aliphatic rings. The molecule has 0 amide bonds. The molecule has 5 nitrogen and oxygen atoms in total. The van der Waals surface area contributed by atoms with Crippen LogP contribution in [-0.2, 0) is 10.0 Å². The molecule has 4 N–H and O–H groups in total. The van der Waals surface area contributed by atoms with Crippen molar-refractivity contribution in [3.05, 3.63) is 22.2 Å². The third-order valence-corrected chi connectivity index (χ3v) is 5.25. The Morgan fingerprint density at radius 2 is 2.00 bits per heavy atom. The van der Waals surface area contributed by atoms with Crippen LogP contribution >= 0.6 is 23.2 Å². The predicted molar refractivity (Wildman–Crippen MR) is 74.8 cm³/mol. The van der Waals surface area contributed by atoms with Crippen LogP contribution in [0.5, 0.6) is 0 Å². The Morgan fingerprint density at radius 1 is 1.37 bits per heavy atom.